The van der Waals surface area contributed by atoms with Crippen LogP contribution >= 0.6 is 7.06 Å². The van der Waals surface area contributed by atoms with Crippen LogP contribution in [0.5, 0.6) is 0 Å². The minimum absolute atomic E-state index is 0.462. The third-order valence-electron chi connectivity index (χ3n) is 5.92. The summed E-state index contributed by atoms with van der Waals surface area (Å²) in [5.74, 6) is 0. The van der Waals surface area contributed by atoms with Gasteiger partial charge < -0.3 is 0 Å². The summed E-state index contributed by atoms with van der Waals surface area (Å²) < 4.78 is 137. The maximum absolute atomic E-state index is 14.1. The van der Waals surface area contributed by atoms with Gasteiger partial charge in [-0.25, -0.2) is 0 Å². The second kappa shape index (κ2) is 5.74. The number of alkyl halides is 9. The van der Waals surface area contributed by atoms with E-state index in [0.29, 0.717) is 13.0 Å². The molecule has 4 rings (SSSR count). The van der Waals surface area contributed by atoms with E-state index in [0.717, 1.165) is 37.0 Å². The number of fused-ring (bicyclic) bond motifs is 4. The summed E-state index contributed by atoms with van der Waals surface area (Å²) in [6.07, 6.45) is -17.2. The van der Waals surface area contributed by atoms with Gasteiger partial charge in [0.2, 0.25) is 0 Å². The number of hydrogen-bond acceptors (Lipinski definition) is 2. The maximum atomic E-state index is 14.1. The van der Waals surface area contributed by atoms with Gasteiger partial charge >= 0.3 is 169 Å². The van der Waals surface area contributed by atoms with E-state index in [1.54, 1.807) is 0 Å². The predicted octanol–water partition coefficient (Wildman–Crippen LogP) is 5.81. The van der Waals surface area contributed by atoms with Gasteiger partial charge in [0.05, 0.1) is 0 Å². The first-order chi connectivity index (χ1) is 13.9. The van der Waals surface area contributed by atoms with Crippen molar-refractivity contribution in [2.45, 2.75) is 36.7 Å². The quantitative estimate of drug-likeness (QED) is 0.353. The molecule has 0 saturated heterocycles. The van der Waals surface area contributed by atoms with Crippen molar-refractivity contribution >= 4 is 17.7 Å². The Balaban J connectivity index is 2.17. The Morgan fingerprint density at radius 1 is 0.645 bits per heavy atom. The van der Waals surface area contributed by atoms with Gasteiger partial charge in [0.25, 0.3) is 0 Å². The van der Waals surface area contributed by atoms with Crippen molar-refractivity contribution in [3.63, 3.8) is 0 Å². The van der Waals surface area contributed by atoms with E-state index < -0.39 is 58.5 Å². The molecule has 31 heavy (non-hydrogen) atoms. The first-order valence-corrected chi connectivity index (χ1v) is 11.3. The SMILES string of the molecule is C[C@]1(C(F)(F)F)OP2(C)(OC(C(F)(F)F)(C(F)(F)F)c3ccccc32)c2ccccc21. The van der Waals surface area contributed by atoms with Crippen LogP contribution in [0.1, 0.15) is 18.1 Å². The fourth-order valence-corrected chi connectivity index (χ4v) is 9.77. The van der Waals surface area contributed by atoms with Crippen molar-refractivity contribution < 1.29 is 48.6 Å². The number of benzene rings is 2. The van der Waals surface area contributed by atoms with Crippen molar-refractivity contribution in [3.05, 3.63) is 59.7 Å². The summed E-state index contributed by atoms with van der Waals surface area (Å²) >= 11 is 0. The zero-order valence-electron chi connectivity index (χ0n) is 15.8. The molecule has 1 spiro atoms. The molecular weight excluding hydrogens is 462 g/mol. The van der Waals surface area contributed by atoms with E-state index in [2.05, 4.69) is 0 Å². The molecule has 2 aliphatic heterocycles. The molecule has 0 amide bonds. The summed E-state index contributed by atoms with van der Waals surface area (Å²) in [4.78, 5) is 0. The molecule has 0 fully saturated rings. The van der Waals surface area contributed by atoms with Gasteiger partial charge in [-0.2, -0.15) is 0 Å². The Labute approximate surface area is 170 Å². The van der Waals surface area contributed by atoms with E-state index >= 15 is 0 Å². The normalized spacial score (nSPS) is 27.4. The van der Waals surface area contributed by atoms with Crippen LogP contribution in [0.4, 0.5) is 39.5 Å². The predicted molar refractivity (Wildman–Crippen MR) is 94.4 cm³/mol. The molecule has 0 bridgehead atoms. The third-order valence-corrected chi connectivity index (χ3v) is 10.4. The van der Waals surface area contributed by atoms with Crippen molar-refractivity contribution in [2.24, 2.45) is 0 Å². The molecule has 0 unspecified atom stereocenters. The van der Waals surface area contributed by atoms with E-state index in [4.69, 9.17) is 9.05 Å². The van der Waals surface area contributed by atoms with Gasteiger partial charge in [0.1, 0.15) is 0 Å². The van der Waals surface area contributed by atoms with Crippen LogP contribution in [-0.2, 0) is 20.2 Å². The fraction of sp³-hybridized carbons (Fsp3) is 0.368. The monoisotopic (exact) mass is 476 g/mol. The van der Waals surface area contributed by atoms with Crippen LogP contribution in [0.3, 0.4) is 0 Å². The Morgan fingerprint density at radius 2 is 1.06 bits per heavy atom. The van der Waals surface area contributed by atoms with Crippen molar-refractivity contribution in [2.75, 3.05) is 6.66 Å². The third kappa shape index (κ3) is 2.42. The zero-order chi connectivity index (χ0) is 23.3. The molecule has 2 nitrogen and oxygen atoms in total. The molecule has 170 valence electrons. The second-order valence-corrected chi connectivity index (χ2v) is 11.8. The van der Waals surface area contributed by atoms with Crippen molar-refractivity contribution in [3.8, 4) is 0 Å². The first-order valence-electron chi connectivity index (χ1n) is 8.77. The number of hydrogen-bond donors (Lipinski definition) is 0. The molecule has 0 N–H and O–H groups in total. The summed E-state index contributed by atoms with van der Waals surface area (Å²) in [7, 11) is -5.59. The number of halogens is 9. The standard InChI is InChI=1S/C19H14F9O2P/c1-15(17(20,21)22)11-7-3-5-9-13(11)31(2,29-15)14-10-6-4-8-12(14)16(30-31,18(23,24)25)19(26,27)28/h3-10H,1-2H3/t15-/m0/s1. The topological polar surface area (TPSA) is 18.5 Å². The molecule has 2 aromatic carbocycles. The summed E-state index contributed by atoms with van der Waals surface area (Å²) in [5.41, 5.74) is -9.95. The molecule has 1 atom stereocenters. The summed E-state index contributed by atoms with van der Waals surface area (Å²) in [5, 5.41) is -1.14. The zero-order valence-corrected chi connectivity index (χ0v) is 16.7. The van der Waals surface area contributed by atoms with Gasteiger partial charge in [0, 0.05) is 0 Å². The first kappa shape index (κ1) is 22.4. The Hall–Kier alpha value is -1.84. The van der Waals surface area contributed by atoms with Gasteiger partial charge in [-0.1, -0.05) is 0 Å². The van der Waals surface area contributed by atoms with Crippen LogP contribution in [0.2, 0.25) is 0 Å². The fourth-order valence-electron chi connectivity index (χ4n) is 4.54. The molecule has 12 heteroatoms. The van der Waals surface area contributed by atoms with Gasteiger partial charge in [-0.15, -0.1) is 0 Å². The van der Waals surface area contributed by atoms with E-state index in [1.807, 2.05) is 0 Å². The van der Waals surface area contributed by atoms with Crippen LogP contribution in [0.25, 0.3) is 0 Å². The average molecular weight is 476 g/mol. The van der Waals surface area contributed by atoms with Crippen LogP contribution < -0.4 is 10.6 Å². The number of rotatable bonds is 0. The van der Waals surface area contributed by atoms with Crippen LogP contribution in [0.15, 0.2) is 48.5 Å². The minimum atomic E-state index is -6.03. The van der Waals surface area contributed by atoms with Crippen LogP contribution in [-0.4, -0.2) is 25.2 Å². The molecule has 2 aromatic rings. The van der Waals surface area contributed by atoms with Crippen molar-refractivity contribution in [1.29, 1.82) is 0 Å². The van der Waals surface area contributed by atoms with Crippen LogP contribution in [0, 0.1) is 0 Å². The molecular formula is C19H14F9O2P. The molecule has 0 aliphatic carbocycles. The van der Waals surface area contributed by atoms with Gasteiger partial charge in [0.15, 0.2) is 0 Å². The average Bonchev–Trinajstić information content (AvgIpc) is 3.01. The van der Waals surface area contributed by atoms with E-state index in [1.165, 1.54) is 12.1 Å². The Bertz CT molecular complexity index is 1060. The Kier molecular flexibility index (Phi) is 4.14. The van der Waals surface area contributed by atoms with E-state index in [-0.39, 0.29) is 0 Å². The summed E-state index contributed by atoms with van der Waals surface area (Å²) in [6, 6.07) is 7.97. The molecule has 2 aliphatic rings. The van der Waals surface area contributed by atoms with Gasteiger partial charge in [-0.05, 0) is 0 Å². The molecule has 0 radical (unpaired) electrons. The molecule has 0 saturated carbocycles. The summed E-state index contributed by atoms with van der Waals surface area (Å²) in [6.45, 7) is 1.38. The molecule has 0 aromatic heterocycles. The van der Waals surface area contributed by atoms with Gasteiger partial charge in [-0.3, -0.25) is 0 Å². The molecule has 2 heterocycles. The Morgan fingerprint density at radius 3 is 1.52 bits per heavy atom. The van der Waals surface area contributed by atoms with E-state index in [9.17, 15) is 39.5 Å². The second-order valence-electron chi connectivity index (χ2n) is 7.79. The van der Waals surface area contributed by atoms with Crippen molar-refractivity contribution in [1.82, 2.24) is 0 Å².